The van der Waals surface area contributed by atoms with Crippen LogP contribution in [0.25, 0.3) is 11.2 Å². The summed E-state index contributed by atoms with van der Waals surface area (Å²) in [6, 6.07) is 0.501. The molecule has 7 heteroatoms. The highest BCUT2D eigenvalue weighted by Crippen LogP contribution is 2.15. The number of aryl methyl sites for hydroxylation is 1. The molecule has 1 aliphatic heterocycles. The van der Waals surface area contributed by atoms with Gasteiger partial charge in [-0.25, -0.2) is 15.0 Å². The highest BCUT2D eigenvalue weighted by atomic mass is 16.5. The number of hydrogen-bond donors (Lipinski definition) is 1. The fraction of sp³-hybridized carbons (Fsp3) is 0.615. The number of nitrogen functional groups attached to an aromatic ring is 1. The van der Waals surface area contributed by atoms with Crippen molar-refractivity contribution < 1.29 is 4.74 Å². The van der Waals surface area contributed by atoms with E-state index in [1.807, 2.05) is 4.57 Å². The molecule has 0 aliphatic carbocycles. The van der Waals surface area contributed by atoms with E-state index in [0.717, 1.165) is 44.9 Å². The van der Waals surface area contributed by atoms with Gasteiger partial charge in [-0.3, -0.25) is 4.90 Å². The van der Waals surface area contributed by atoms with Crippen LogP contribution in [0.15, 0.2) is 12.7 Å². The molecule has 108 valence electrons. The van der Waals surface area contributed by atoms with Gasteiger partial charge in [-0.15, -0.1) is 0 Å². The lowest BCUT2D eigenvalue weighted by Gasteiger charge is -2.33. The molecule has 7 nitrogen and oxygen atoms in total. The smallest absolute Gasteiger partial charge is 0.165 e. The van der Waals surface area contributed by atoms with Crippen molar-refractivity contribution in [2.24, 2.45) is 0 Å². The van der Waals surface area contributed by atoms with Crippen molar-refractivity contribution >= 4 is 17.0 Å². The highest BCUT2D eigenvalue weighted by molar-refractivity contribution is 5.80. The molecule has 0 saturated carbocycles. The minimum absolute atomic E-state index is 0.440. The molecule has 2 aromatic rings. The molecule has 2 aromatic heterocycles. The Morgan fingerprint density at radius 3 is 3.10 bits per heavy atom. The lowest BCUT2D eigenvalue weighted by molar-refractivity contribution is -0.00107. The molecule has 1 fully saturated rings. The lowest BCUT2D eigenvalue weighted by Crippen LogP contribution is -2.44. The van der Waals surface area contributed by atoms with Crippen molar-refractivity contribution in [3.8, 4) is 0 Å². The van der Waals surface area contributed by atoms with Gasteiger partial charge in [0.1, 0.15) is 11.8 Å². The van der Waals surface area contributed by atoms with Crippen LogP contribution in [-0.4, -0.2) is 56.8 Å². The van der Waals surface area contributed by atoms with Crippen LogP contribution in [0.5, 0.6) is 0 Å². The molecule has 2 N–H and O–H groups in total. The maximum absolute atomic E-state index is 5.78. The molecule has 20 heavy (non-hydrogen) atoms. The van der Waals surface area contributed by atoms with Gasteiger partial charge < -0.3 is 15.0 Å². The third-order valence-corrected chi connectivity index (χ3v) is 3.78. The number of fused-ring (bicyclic) bond motifs is 1. The van der Waals surface area contributed by atoms with Gasteiger partial charge in [0.2, 0.25) is 0 Å². The number of hydrogen-bond acceptors (Lipinski definition) is 6. The largest absolute Gasteiger partial charge is 0.382 e. The Bertz CT molecular complexity index is 583. The van der Waals surface area contributed by atoms with Crippen molar-refractivity contribution in [2.75, 3.05) is 32.0 Å². The first-order valence-corrected chi connectivity index (χ1v) is 6.99. The standard InChI is InChI=1S/C13H20N6O/c1-10-7-20-6-5-18(10)3-2-4-19-9-17-11-12(14)15-8-16-13(11)19/h8-10H,2-7H2,1H3,(H2,14,15,16). The summed E-state index contributed by atoms with van der Waals surface area (Å²) in [6.45, 7) is 6.84. The SMILES string of the molecule is CC1COCCN1CCCn1cnc2c(N)ncnc21. The van der Waals surface area contributed by atoms with Crippen molar-refractivity contribution in [1.29, 1.82) is 0 Å². The zero-order chi connectivity index (χ0) is 13.9. The molecule has 0 aromatic carbocycles. The second-order valence-corrected chi connectivity index (χ2v) is 5.18. The van der Waals surface area contributed by atoms with E-state index in [-0.39, 0.29) is 0 Å². The number of ether oxygens (including phenoxy) is 1. The highest BCUT2D eigenvalue weighted by Gasteiger charge is 2.18. The molecule has 1 unspecified atom stereocenters. The van der Waals surface area contributed by atoms with Crippen molar-refractivity contribution in [2.45, 2.75) is 25.9 Å². The fourth-order valence-corrected chi connectivity index (χ4v) is 2.60. The summed E-state index contributed by atoms with van der Waals surface area (Å²) in [5.74, 6) is 0.440. The van der Waals surface area contributed by atoms with Gasteiger partial charge in [-0.05, 0) is 13.3 Å². The average Bonchev–Trinajstić information content (AvgIpc) is 2.86. The van der Waals surface area contributed by atoms with Crippen molar-refractivity contribution in [3.05, 3.63) is 12.7 Å². The lowest BCUT2D eigenvalue weighted by atomic mass is 10.2. The van der Waals surface area contributed by atoms with E-state index in [2.05, 4.69) is 26.8 Å². The zero-order valence-electron chi connectivity index (χ0n) is 11.7. The summed E-state index contributed by atoms with van der Waals surface area (Å²) >= 11 is 0. The van der Waals surface area contributed by atoms with E-state index in [1.165, 1.54) is 6.33 Å². The number of nitrogens with two attached hydrogens (primary N) is 1. The minimum atomic E-state index is 0.440. The van der Waals surface area contributed by atoms with Crippen molar-refractivity contribution in [1.82, 2.24) is 24.4 Å². The van der Waals surface area contributed by atoms with Crippen LogP contribution < -0.4 is 5.73 Å². The van der Waals surface area contributed by atoms with Gasteiger partial charge in [0.15, 0.2) is 11.5 Å². The molecule has 1 aliphatic rings. The fourth-order valence-electron chi connectivity index (χ4n) is 2.60. The monoisotopic (exact) mass is 276 g/mol. The molecule has 1 atom stereocenters. The van der Waals surface area contributed by atoms with Crippen LogP contribution in [0.3, 0.4) is 0 Å². The topological polar surface area (TPSA) is 82.1 Å². The van der Waals surface area contributed by atoms with Crippen LogP contribution in [0, 0.1) is 0 Å². The zero-order valence-corrected chi connectivity index (χ0v) is 11.7. The molecule has 0 spiro atoms. The first-order valence-electron chi connectivity index (χ1n) is 6.99. The molecule has 3 rings (SSSR count). The van der Waals surface area contributed by atoms with Gasteiger partial charge in [0.25, 0.3) is 0 Å². The maximum Gasteiger partial charge on any atom is 0.165 e. The summed E-state index contributed by atoms with van der Waals surface area (Å²) in [5, 5.41) is 0. The van der Waals surface area contributed by atoms with Gasteiger partial charge in [-0.2, -0.15) is 0 Å². The van der Waals surface area contributed by atoms with Gasteiger partial charge >= 0.3 is 0 Å². The summed E-state index contributed by atoms with van der Waals surface area (Å²) in [5.41, 5.74) is 7.28. The Hall–Kier alpha value is -1.73. The normalized spacial score (nSPS) is 20.6. The summed E-state index contributed by atoms with van der Waals surface area (Å²) in [4.78, 5) is 15.0. The Balaban J connectivity index is 1.61. The van der Waals surface area contributed by atoms with Crippen LogP contribution in [0.2, 0.25) is 0 Å². The van der Waals surface area contributed by atoms with Crippen LogP contribution >= 0.6 is 0 Å². The molecular weight excluding hydrogens is 256 g/mol. The first kappa shape index (κ1) is 13.3. The third-order valence-electron chi connectivity index (χ3n) is 3.78. The molecule has 0 bridgehead atoms. The number of aromatic nitrogens is 4. The summed E-state index contributed by atoms with van der Waals surface area (Å²) in [6.07, 6.45) is 4.33. The molecule has 1 saturated heterocycles. The summed E-state index contributed by atoms with van der Waals surface area (Å²) in [7, 11) is 0. The quantitative estimate of drug-likeness (QED) is 0.876. The molecular formula is C13H20N6O. The van der Waals surface area contributed by atoms with E-state index in [1.54, 1.807) is 6.33 Å². The Morgan fingerprint density at radius 2 is 2.25 bits per heavy atom. The molecule has 3 heterocycles. The average molecular weight is 276 g/mol. The van der Waals surface area contributed by atoms with Crippen LogP contribution in [0.1, 0.15) is 13.3 Å². The second kappa shape index (κ2) is 5.72. The Labute approximate surface area is 117 Å². The van der Waals surface area contributed by atoms with Crippen LogP contribution in [0.4, 0.5) is 5.82 Å². The summed E-state index contributed by atoms with van der Waals surface area (Å²) < 4.78 is 7.49. The predicted molar refractivity (Wildman–Crippen MR) is 76.2 cm³/mol. The Morgan fingerprint density at radius 1 is 1.35 bits per heavy atom. The van der Waals surface area contributed by atoms with E-state index in [9.17, 15) is 0 Å². The number of morpholine rings is 1. The van der Waals surface area contributed by atoms with E-state index in [0.29, 0.717) is 17.4 Å². The molecule has 0 amide bonds. The Kier molecular flexibility index (Phi) is 3.79. The maximum atomic E-state index is 5.78. The van der Waals surface area contributed by atoms with Crippen molar-refractivity contribution in [3.63, 3.8) is 0 Å². The van der Waals surface area contributed by atoms with Crippen LogP contribution in [-0.2, 0) is 11.3 Å². The number of anilines is 1. The number of nitrogens with zero attached hydrogens (tertiary/aromatic N) is 5. The first-order chi connectivity index (χ1) is 9.75. The third kappa shape index (κ3) is 2.59. The van der Waals surface area contributed by atoms with Gasteiger partial charge in [-0.1, -0.05) is 0 Å². The van der Waals surface area contributed by atoms with E-state index >= 15 is 0 Å². The van der Waals surface area contributed by atoms with E-state index < -0.39 is 0 Å². The predicted octanol–water partition coefficient (Wildman–Crippen LogP) is 0.519. The minimum Gasteiger partial charge on any atom is -0.382 e. The van der Waals surface area contributed by atoms with Gasteiger partial charge in [0, 0.05) is 25.7 Å². The van der Waals surface area contributed by atoms with E-state index in [4.69, 9.17) is 10.5 Å². The molecule has 0 radical (unpaired) electrons. The van der Waals surface area contributed by atoms with Gasteiger partial charge in [0.05, 0.1) is 19.5 Å². The second-order valence-electron chi connectivity index (χ2n) is 5.18. The number of imidazole rings is 1. The number of rotatable bonds is 4.